The molecule has 1 fully saturated rings. The van der Waals surface area contributed by atoms with Gasteiger partial charge in [-0.1, -0.05) is 30.3 Å². The standard InChI is InChI=1S/C21H28N4O5S/c1-30-13-12-23(15-20(22)26)16-21(27)24-8-10-25(11-9-24)31(28,29)19-7-6-17-4-2-3-5-18(17)14-19/h2-7,14H,8-13,15-16H2,1H3,(H2,22,26). The van der Waals surface area contributed by atoms with Crippen molar-refractivity contribution in [3.63, 3.8) is 0 Å². The molecule has 0 bridgehead atoms. The van der Waals surface area contributed by atoms with Crippen LogP contribution in [0.5, 0.6) is 0 Å². The lowest BCUT2D eigenvalue weighted by molar-refractivity contribution is -0.134. The van der Waals surface area contributed by atoms with E-state index in [0.717, 1.165) is 10.8 Å². The zero-order chi connectivity index (χ0) is 22.4. The van der Waals surface area contributed by atoms with Crippen LogP contribution in [0.2, 0.25) is 0 Å². The third-order valence-electron chi connectivity index (χ3n) is 5.30. The number of sulfonamides is 1. The third-order valence-corrected chi connectivity index (χ3v) is 7.19. The smallest absolute Gasteiger partial charge is 0.243 e. The molecule has 0 unspecified atom stereocenters. The summed E-state index contributed by atoms with van der Waals surface area (Å²) in [7, 11) is -2.11. The van der Waals surface area contributed by atoms with E-state index in [1.165, 1.54) is 4.31 Å². The maximum absolute atomic E-state index is 13.1. The number of hydrogen-bond acceptors (Lipinski definition) is 6. The number of methoxy groups -OCH3 is 1. The lowest BCUT2D eigenvalue weighted by Crippen LogP contribution is -2.53. The second-order valence-electron chi connectivity index (χ2n) is 7.46. The number of primary amides is 1. The monoisotopic (exact) mass is 448 g/mol. The Morgan fingerprint density at radius 3 is 2.35 bits per heavy atom. The molecule has 0 atom stereocenters. The Labute approximate surface area is 182 Å². The first-order valence-electron chi connectivity index (χ1n) is 10.1. The van der Waals surface area contributed by atoms with Crippen molar-refractivity contribution in [2.45, 2.75) is 4.90 Å². The number of carbonyl (C=O) groups is 2. The highest BCUT2D eigenvalue weighted by molar-refractivity contribution is 7.89. The van der Waals surface area contributed by atoms with Gasteiger partial charge in [0.15, 0.2) is 0 Å². The van der Waals surface area contributed by atoms with E-state index in [0.29, 0.717) is 26.2 Å². The van der Waals surface area contributed by atoms with E-state index >= 15 is 0 Å². The van der Waals surface area contributed by atoms with Crippen molar-refractivity contribution in [1.82, 2.24) is 14.1 Å². The van der Waals surface area contributed by atoms with Crippen molar-refractivity contribution in [2.24, 2.45) is 5.73 Å². The first kappa shape index (κ1) is 23.1. The minimum absolute atomic E-state index is 0.0315. The molecule has 1 aliphatic rings. The van der Waals surface area contributed by atoms with Crippen LogP contribution in [0.3, 0.4) is 0 Å². The van der Waals surface area contributed by atoms with Crippen molar-refractivity contribution in [3.8, 4) is 0 Å². The second-order valence-corrected chi connectivity index (χ2v) is 9.40. The summed E-state index contributed by atoms with van der Waals surface area (Å²) >= 11 is 0. The normalized spacial score (nSPS) is 15.5. The van der Waals surface area contributed by atoms with Crippen molar-refractivity contribution in [1.29, 1.82) is 0 Å². The van der Waals surface area contributed by atoms with Gasteiger partial charge in [0.25, 0.3) is 0 Å². The Bertz CT molecular complexity index is 1030. The molecule has 0 radical (unpaired) electrons. The second kappa shape index (κ2) is 10.2. The Balaban J connectivity index is 1.62. The molecule has 0 aliphatic carbocycles. The zero-order valence-electron chi connectivity index (χ0n) is 17.6. The van der Waals surface area contributed by atoms with Gasteiger partial charge < -0.3 is 15.4 Å². The predicted molar refractivity (Wildman–Crippen MR) is 117 cm³/mol. The molecule has 2 aromatic carbocycles. The number of carbonyl (C=O) groups excluding carboxylic acids is 2. The topological polar surface area (TPSA) is 113 Å². The van der Waals surface area contributed by atoms with Crippen molar-refractivity contribution < 1.29 is 22.7 Å². The summed E-state index contributed by atoms with van der Waals surface area (Å²) in [6.07, 6.45) is 0. The summed E-state index contributed by atoms with van der Waals surface area (Å²) in [4.78, 5) is 27.4. The molecule has 0 spiro atoms. The van der Waals surface area contributed by atoms with Crippen LogP contribution in [0.25, 0.3) is 10.8 Å². The first-order chi connectivity index (χ1) is 14.8. The maximum atomic E-state index is 13.1. The summed E-state index contributed by atoms with van der Waals surface area (Å²) in [6.45, 7) is 1.79. The molecular formula is C21H28N4O5S. The van der Waals surface area contributed by atoms with Crippen LogP contribution >= 0.6 is 0 Å². The van der Waals surface area contributed by atoms with Crippen LogP contribution in [-0.2, 0) is 24.3 Å². The number of fused-ring (bicyclic) bond motifs is 1. The summed E-state index contributed by atoms with van der Waals surface area (Å²) in [6, 6.07) is 12.7. The largest absolute Gasteiger partial charge is 0.383 e. The Morgan fingerprint density at radius 2 is 1.71 bits per heavy atom. The molecule has 2 N–H and O–H groups in total. The van der Waals surface area contributed by atoms with E-state index in [1.54, 1.807) is 35.1 Å². The van der Waals surface area contributed by atoms with Gasteiger partial charge in [-0.05, 0) is 22.9 Å². The van der Waals surface area contributed by atoms with Gasteiger partial charge in [0.1, 0.15) is 0 Å². The highest BCUT2D eigenvalue weighted by atomic mass is 32.2. The molecule has 9 nitrogen and oxygen atoms in total. The van der Waals surface area contributed by atoms with E-state index in [9.17, 15) is 18.0 Å². The van der Waals surface area contributed by atoms with Crippen LogP contribution in [0.4, 0.5) is 0 Å². The molecule has 1 aliphatic heterocycles. The molecule has 2 amide bonds. The quantitative estimate of drug-likeness (QED) is 0.582. The minimum atomic E-state index is -3.65. The molecule has 0 aromatic heterocycles. The molecule has 1 saturated heterocycles. The predicted octanol–water partition coefficient (Wildman–Crippen LogP) is 0.106. The molecule has 31 heavy (non-hydrogen) atoms. The van der Waals surface area contributed by atoms with E-state index in [4.69, 9.17) is 10.5 Å². The van der Waals surface area contributed by atoms with Crippen LogP contribution in [0.15, 0.2) is 47.4 Å². The van der Waals surface area contributed by atoms with Gasteiger partial charge in [0.05, 0.1) is 24.6 Å². The number of hydrogen-bond donors (Lipinski definition) is 1. The average Bonchev–Trinajstić information content (AvgIpc) is 2.76. The highest BCUT2D eigenvalue weighted by Gasteiger charge is 2.30. The number of ether oxygens (including phenoxy) is 1. The fraction of sp³-hybridized carbons (Fsp3) is 0.429. The fourth-order valence-electron chi connectivity index (χ4n) is 3.60. The van der Waals surface area contributed by atoms with Gasteiger partial charge in [0.2, 0.25) is 21.8 Å². The maximum Gasteiger partial charge on any atom is 0.243 e. The third kappa shape index (κ3) is 5.79. The molecule has 168 valence electrons. The number of nitrogens with zero attached hydrogens (tertiary/aromatic N) is 3. The Kier molecular flexibility index (Phi) is 7.60. The summed E-state index contributed by atoms with van der Waals surface area (Å²) in [5.41, 5.74) is 5.26. The summed E-state index contributed by atoms with van der Waals surface area (Å²) < 4.78 is 32.6. The lowest BCUT2D eigenvalue weighted by atomic mass is 10.1. The van der Waals surface area contributed by atoms with Gasteiger partial charge in [-0.15, -0.1) is 0 Å². The Hall–Kier alpha value is -2.53. The summed E-state index contributed by atoms with van der Waals surface area (Å²) in [5, 5.41) is 1.84. The van der Waals surface area contributed by atoms with Crippen LogP contribution in [-0.4, -0.2) is 93.9 Å². The van der Waals surface area contributed by atoms with Crippen LogP contribution in [0, 0.1) is 0 Å². The number of nitrogens with two attached hydrogens (primary N) is 1. The van der Waals surface area contributed by atoms with Crippen molar-refractivity contribution in [3.05, 3.63) is 42.5 Å². The zero-order valence-corrected chi connectivity index (χ0v) is 18.4. The molecule has 1 heterocycles. The number of piperazine rings is 1. The minimum Gasteiger partial charge on any atom is -0.383 e. The molecule has 0 saturated carbocycles. The number of rotatable bonds is 9. The molecule has 3 rings (SSSR count). The van der Waals surface area contributed by atoms with Crippen LogP contribution < -0.4 is 5.73 Å². The summed E-state index contributed by atoms with van der Waals surface area (Å²) in [5.74, 6) is -0.685. The Morgan fingerprint density at radius 1 is 1.03 bits per heavy atom. The average molecular weight is 449 g/mol. The number of amides is 2. The molecule has 2 aromatic rings. The van der Waals surface area contributed by atoms with E-state index in [-0.39, 0.29) is 37.0 Å². The van der Waals surface area contributed by atoms with E-state index in [1.807, 2.05) is 24.3 Å². The fourth-order valence-corrected chi connectivity index (χ4v) is 5.06. The SMILES string of the molecule is COCCN(CC(N)=O)CC(=O)N1CCN(S(=O)(=O)c2ccc3ccccc3c2)CC1. The van der Waals surface area contributed by atoms with E-state index < -0.39 is 15.9 Å². The van der Waals surface area contributed by atoms with Gasteiger partial charge in [-0.25, -0.2) is 8.42 Å². The van der Waals surface area contributed by atoms with Crippen molar-refractivity contribution >= 4 is 32.6 Å². The highest BCUT2D eigenvalue weighted by Crippen LogP contribution is 2.22. The van der Waals surface area contributed by atoms with Gasteiger partial charge in [-0.2, -0.15) is 4.31 Å². The first-order valence-corrected chi connectivity index (χ1v) is 11.5. The van der Waals surface area contributed by atoms with Gasteiger partial charge >= 0.3 is 0 Å². The number of benzene rings is 2. The molecular weight excluding hydrogens is 420 g/mol. The van der Waals surface area contributed by atoms with Gasteiger partial charge in [0, 0.05) is 39.8 Å². The van der Waals surface area contributed by atoms with Crippen LogP contribution in [0.1, 0.15) is 0 Å². The van der Waals surface area contributed by atoms with Gasteiger partial charge in [-0.3, -0.25) is 14.5 Å². The van der Waals surface area contributed by atoms with Crippen molar-refractivity contribution in [2.75, 3.05) is 59.5 Å². The lowest BCUT2D eigenvalue weighted by Gasteiger charge is -2.35. The molecule has 10 heteroatoms. The van der Waals surface area contributed by atoms with E-state index in [2.05, 4.69) is 0 Å².